The van der Waals surface area contributed by atoms with Crippen LogP contribution in [0.2, 0.25) is 0 Å². The summed E-state index contributed by atoms with van der Waals surface area (Å²) in [6.45, 7) is 5.49. The summed E-state index contributed by atoms with van der Waals surface area (Å²) in [4.78, 5) is 8.56. The van der Waals surface area contributed by atoms with Crippen molar-refractivity contribution in [2.75, 3.05) is 5.73 Å². The van der Waals surface area contributed by atoms with Gasteiger partial charge < -0.3 is 10.3 Å². The first kappa shape index (κ1) is 17.5. The molecule has 0 atom stereocenters. The van der Waals surface area contributed by atoms with Gasteiger partial charge in [-0.25, -0.2) is 14.4 Å². The molecule has 0 radical (unpaired) electrons. The molecule has 3 rings (SSSR count). The summed E-state index contributed by atoms with van der Waals surface area (Å²) in [5.74, 6) is 0.484. The first-order chi connectivity index (χ1) is 12.5. The molecule has 0 aromatic carbocycles. The van der Waals surface area contributed by atoms with Gasteiger partial charge in [0.15, 0.2) is 5.82 Å². The van der Waals surface area contributed by atoms with E-state index in [9.17, 15) is 4.39 Å². The van der Waals surface area contributed by atoms with Crippen molar-refractivity contribution in [1.29, 1.82) is 0 Å². The second-order valence-electron chi connectivity index (χ2n) is 5.67. The molecule has 3 aromatic heterocycles. The minimum Gasteiger partial charge on any atom is -0.383 e. The van der Waals surface area contributed by atoms with Crippen LogP contribution in [-0.2, 0) is 6.54 Å². The van der Waals surface area contributed by atoms with Crippen LogP contribution in [0, 0.1) is 6.92 Å². The van der Waals surface area contributed by atoms with Crippen molar-refractivity contribution in [2.24, 2.45) is 0 Å². The molecule has 0 unspecified atom stereocenters. The maximum Gasteiger partial charge on any atom is 0.182 e. The first-order valence-corrected chi connectivity index (χ1v) is 8.09. The van der Waals surface area contributed by atoms with E-state index in [0.717, 1.165) is 5.56 Å². The van der Waals surface area contributed by atoms with Gasteiger partial charge >= 0.3 is 0 Å². The Hall–Kier alpha value is -3.29. The number of hydrogen-bond acceptors (Lipinski definition) is 6. The fourth-order valence-corrected chi connectivity index (χ4v) is 2.43. The molecule has 3 aromatic rings. The van der Waals surface area contributed by atoms with Crippen LogP contribution in [0.5, 0.6) is 0 Å². The topological polar surface area (TPSA) is 95.7 Å². The van der Waals surface area contributed by atoms with Crippen LogP contribution in [0.25, 0.3) is 22.9 Å². The number of hydrogen-bond donors (Lipinski definition) is 1. The molecule has 2 N–H and O–H groups in total. The lowest BCUT2D eigenvalue weighted by Crippen LogP contribution is -2.06. The summed E-state index contributed by atoms with van der Waals surface area (Å²) in [7, 11) is 0. The van der Waals surface area contributed by atoms with Gasteiger partial charge in [0, 0.05) is 23.4 Å². The molecule has 7 nitrogen and oxygen atoms in total. The first-order valence-electron chi connectivity index (χ1n) is 8.09. The average molecular weight is 354 g/mol. The second kappa shape index (κ2) is 7.30. The predicted molar refractivity (Wildman–Crippen MR) is 96.5 cm³/mol. The van der Waals surface area contributed by atoms with Gasteiger partial charge in [-0.05, 0) is 26.8 Å². The molecule has 0 bridgehead atoms. The molecule has 0 spiro atoms. The largest absolute Gasteiger partial charge is 0.383 e. The third kappa shape index (κ3) is 3.39. The van der Waals surface area contributed by atoms with Crippen LogP contribution < -0.4 is 5.73 Å². The van der Waals surface area contributed by atoms with Crippen molar-refractivity contribution in [3.63, 3.8) is 0 Å². The molecular weight excluding hydrogens is 335 g/mol. The number of nitrogens with two attached hydrogens (primary N) is 1. The van der Waals surface area contributed by atoms with Gasteiger partial charge in [-0.15, -0.1) is 0 Å². The monoisotopic (exact) mass is 354 g/mol. The third-order valence-electron chi connectivity index (χ3n) is 3.95. The highest BCUT2D eigenvalue weighted by molar-refractivity contribution is 5.63. The van der Waals surface area contributed by atoms with Crippen LogP contribution in [0.4, 0.5) is 10.2 Å². The molecule has 3 heterocycles. The van der Waals surface area contributed by atoms with E-state index in [4.69, 9.17) is 10.3 Å². The summed E-state index contributed by atoms with van der Waals surface area (Å²) in [5, 5.41) is 8.49. The second-order valence-corrected chi connectivity index (χ2v) is 5.67. The Balaban J connectivity index is 2.08. The maximum absolute atomic E-state index is 14.1. The Kier molecular flexibility index (Phi) is 4.92. The van der Waals surface area contributed by atoms with E-state index >= 15 is 0 Å². The van der Waals surface area contributed by atoms with Crippen LogP contribution in [0.3, 0.4) is 0 Å². The summed E-state index contributed by atoms with van der Waals surface area (Å²) in [5.41, 5.74) is 8.95. The van der Waals surface area contributed by atoms with Crippen LogP contribution in [-0.4, -0.2) is 24.9 Å². The molecule has 134 valence electrons. The van der Waals surface area contributed by atoms with Crippen molar-refractivity contribution in [2.45, 2.75) is 27.3 Å². The number of halogens is 1. The summed E-state index contributed by atoms with van der Waals surface area (Å²) in [6.07, 6.45) is 6.24. The molecular formula is C18H19FN6O. The lowest BCUT2D eigenvalue weighted by molar-refractivity contribution is 0.421. The quantitative estimate of drug-likeness (QED) is 0.702. The summed E-state index contributed by atoms with van der Waals surface area (Å²) in [6, 6.07) is 3.49. The molecule has 0 saturated carbocycles. The zero-order valence-electron chi connectivity index (χ0n) is 14.8. The maximum atomic E-state index is 14.1. The third-order valence-corrected chi connectivity index (χ3v) is 3.95. The molecule has 0 aliphatic rings. The average Bonchev–Trinajstić information content (AvgIpc) is 3.30. The van der Waals surface area contributed by atoms with Crippen molar-refractivity contribution in [3.05, 3.63) is 53.7 Å². The highest BCUT2D eigenvalue weighted by Gasteiger charge is 2.17. The number of anilines is 1. The Morgan fingerprint density at radius 3 is 2.73 bits per heavy atom. The zero-order valence-corrected chi connectivity index (χ0v) is 14.8. The standard InChI is InChI=1S/C18H19FN6O/c1-4-12(13(19)5-2)10-25-16(14-6-7-26-24-14)8-15(23-25)18-21-9-11(3)17(20)22-18/h4-9H,10H2,1-3H3,(H2,20,21,22)/b12-4-,13-5+. The van der Waals surface area contributed by atoms with E-state index in [1.54, 1.807) is 42.9 Å². The summed E-state index contributed by atoms with van der Waals surface area (Å²) >= 11 is 0. The van der Waals surface area contributed by atoms with Gasteiger partial charge in [0.1, 0.15) is 29.3 Å². The van der Waals surface area contributed by atoms with Gasteiger partial charge in [-0.2, -0.15) is 5.10 Å². The molecule has 0 aliphatic heterocycles. The molecule has 0 saturated heterocycles. The summed E-state index contributed by atoms with van der Waals surface area (Å²) < 4.78 is 20.6. The van der Waals surface area contributed by atoms with E-state index in [2.05, 4.69) is 20.2 Å². The van der Waals surface area contributed by atoms with Crippen LogP contribution >= 0.6 is 0 Å². The molecule has 0 amide bonds. The Morgan fingerprint density at radius 2 is 2.12 bits per heavy atom. The number of nitrogens with zero attached hydrogens (tertiary/aromatic N) is 5. The molecule has 0 fully saturated rings. The molecule has 26 heavy (non-hydrogen) atoms. The van der Waals surface area contributed by atoms with Crippen molar-refractivity contribution >= 4 is 5.82 Å². The zero-order chi connectivity index (χ0) is 18.7. The van der Waals surface area contributed by atoms with E-state index in [1.165, 1.54) is 12.3 Å². The van der Waals surface area contributed by atoms with Crippen LogP contribution in [0.1, 0.15) is 19.4 Å². The number of aromatic nitrogens is 5. The highest BCUT2D eigenvalue weighted by atomic mass is 19.1. The van der Waals surface area contributed by atoms with Gasteiger partial charge in [0.2, 0.25) is 0 Å². The van der Waals surface area contributed by atoms with E-state index < -0.39 is 0 Å². The van der Waals surface area contributed by atoms with Crippen molar-refractivity contribution in [3.8, 4) is 22.9 Å². The fourth-order valence-electron chi connectivity index (χ4n) is 2.43. The van der Waals surface area contributed by atoms with Crippen molar-refractivity contribution in [1.82, 2.24) is 24.9 Å². The number of nitrogen functional groups attached to an aromatic ring is 1. The van der Waals surface area contributed by atoms with Gasteiger partial charge in [0.05, 0.1) is 12.2 Å². The van der Waals surface area contributed by atoms with E-state index in [-0.39, 0.29) is 12.4 Å². The minimum absolute atomic E-state index is 0.232. The van der Waals surface area contributed by atoms with Crippen LogP contribution in [0.15, 0.2) is 52.7 Å². The van der Waals surface area contributed by atoms with Gasteiger partial charge in [-0.1, -0.05) is 17.3 Å². The van der Waals surface area contributed by atoms with E-state index in [0.29, 0.717) is 34.3 Å². The van der Waals surface area contributed by atoms with Gasteiger partial charge in [-0.3, -0.25) is 4.68 Å². The number of rotatable bonds is 5. The lowest BCUT2D eigenvalue weighted by Gasteiger charge is -2.08. The smallest absolute Gasteiger partial charge is 0.182 e. The SMILES string of the molecule is C/C=C(Cn1nc(-c2ncc(C)c(N)n2)cc1-c1ccon1)\C(F)=C/C. The fraction of sp³-hybridized carbons (Fsp3) is 0.222. The normalized spacial score (nSPS) is 12.6. The van der Waals surface area contributed by atoms with E-state index in [1.807, 2.05) is 6.92 Å². The Labute approximate surface area is 150 Å². The number of aryl methyl sites for hydroxylation is 1. The minimum atomic E-state index is -0.300. The Morgan fingerprint density at radius 1 is 1.31 bits per heavy atom. The van der Waals surface area contributed by atoms with Gasteiger partial charge in [0.25, 0.3) is 0 Å². The van der Waals surface area contributed by atoms with Crippen molar-refractivity contribution < 1.29 is 8.91 Å². The molecule has 8 heteroatoms. The molecule has 0 aliphatic carbocycles. The lowest BCUT2D eigenvalue weighted by atomic mass is 10.2. The predicted octanol–water partition coefficient (Wildman–Crippen LogP) is 3.71. The Bertz CT molecular complexity index is 972. The number of allylic oxidation sites excluding steroid dienone is 4. The highest BCUT2D eigenvalue weighted by Crippen LogP contribution is 2.26.